The highest BCUT2D eigenvalue weighted by Gasteiger charge is 2.43. The van der Waals surface area contributed by atoms with Gasteiger partial charge in [-0.15, -0.1) is 0 Å². The average Bonchev–Trinajstić information content (AvgIpc) is 3.29. The zero-order chi connectivity index (χ0) is 20.7. The molecule has 5 heteroatoms. The predicted octanol–water partition coefficient (Wildman–Crippen LogP) is 5.85. The SMILES string of the molecule is O=C1CC(c2ccccc2)CC2=C1C(c1ccco1)CC(=O)N2c1ccccc1Cl. The number of carbonyl (C=O) groups is 2. The second-order valence-electron chi connectivity index (χ2n) is 7.75. The van der Waals surface area contributed by atoms with E-state index in [0.29, 0.717) is 34.9 Å². The Morgan fingerprint density at radius 2 is 1.63 bits per heavy atom. The number of ketones is 1. The van der Waals surface area contributed by atoms with Gasteiger partial charge in [0.1, 0.15) is 5.76 Å². The fraction of sp³-hybridized carbons (Fsp3) is 0.200. The Kier molecular flexibility index (Phi) is 4.80. The average molecular weight is 418 g/mol. The van der Waals surface area contributed by atoms with Crippen molar-refractivity contribution in [3.05, 3.63) is 101 Å². The van der Waals surface area contributed by atoms with Crippen LogP contribution in [0.25, 0.3) is 0 Å². The minimum atomic E-state index is -0.356. The van der Waals surface area contributed by atoms with Crippen molar-refractivity contribution in [3.63, 3.8) is 0 Å². The van der Waals surface area contributed by atoms with Crippen molar-refractivity contribution >= 4 is 29.0 Å². The van der Waals surface area contributed by atoms with Crippen molar-refractivity contribution in [1.82, 2.24) is 0 Å². The summed E-state index contributed by atoms with van der Waals surface area (Å²) in [5, 5.41) is 0.489. The number of para-hydroxylation sites is 1. The van der Waals surface area contributed by atoms with E-state index in [1.807, 2.05) is 54.6 Å². The molecular weight excluding hydrogens is 398 g/mol. The highest BCUT2D eigenvalue weighted by Crippen LogP contribution is 2.47. The smallest absolute Gasteiger partial charge is 0.232 e. The maximum atomic E-state index is 13.4. The van der Waals surface area contributed by atoms with Crippen LogP contribution >= 0.6 is 11.6 Å². The van der Waals surface area contributed by atoms with Gasteiger partial charge in [-0.3, -0.25) is 14.5 Å². The fourth-order valence-electron chi connectivity index (χ4n) is 4.64. The van der Waals surface area contributed by atoms with Crippen molar-refractivity contribution in [2.45, 2.75) is 31.1 Å². The van der Waals surface area contributed by atoms with Gasteiger partial charge in [0.15, 0.2) is 5.78 Å². The molecule has 2 atom stereocenters. The third-order valence-corrected chi connectivity index (χ3v) is 6.30. The van der Waals surface area contributed by atoms with E-state index in [-0.39, 0.29) is 29.9 Å². The molecule has 30 heavy (non-hydrogen) atoms. The summed E-state index contributed by atoms with van der Waals surface area (Å²) in [6, 6.07) is 20.9. The number of nitrogens with zero attached hydrogens (tertiary/aromatic N) is 1. The zero-order valence-corrected chi connectivity index (χ0v) is 17.0. The first-order valence-electron chi connectivity index (χ1n) is 10.1. The van der Waals surface area contributed by atoms with Crippen molar-refractivity contribution in [2.75, 3.05) is 4.90 Å². The number of anilines is 1. The molecule has 0 bridgehead atoms. The van der Waals surface area contributed by atoms with Gasteiger partial charge < -0.3 is 4.42 Å². The molecule has 2 aromatic carbocycles. The van der Waals surface area contributed by atoms with Gasteiger partial charge in [0.25, 0.3) is 0 Å². The molecule has 2 aliphatic rings. The lowest BCUT2D eigenvalue weighted by molar-refractivity contribution is -0.120. The van der Waals surface area contributed by atoms with Crippen molar-refractivity contribution in [1.29, 1.82) is 0 Å². The number of furan rings is 1. The Morgan fingerprint density at radius 1 is 0.867 bits per heavy atom. The van der Waals surface area contributed by atoms with Crippen molar-refractivity contribution in [2.24, 2.45) is 0 Å². The summed E-state index contributed by atoms with van der Waals surface area (Å²) in [4.78, 5) is 28.4. The van der Waals surface area contributed by atoms with Gasteiger partial charge in [-0.2, -0.15) is 0 Å². The number of carbonyl (C=O) groups excluding carboxylic acids is 2. The molecule has 2 unspecified atom stereocenters. The van der Waals surface area contributed by atoms with E-state index in [0.717, 1.165) is 11.3 Å². The highest BCUT2D eigenvalue weighted by molar-refractivity contribution is 6.34. The number of hydrogen-bond acceptors (Lipinski definition) is 3. The van der Waals surface area contributed by atoms with Crippen LogP contribution in [0.4, 0.5) is 5.69 Å². The third-order valence-electron chi connectivity index (χ3n) is 5.98. The lowest BCUT2D eigenvalue weighted by Crippen LogP contribution is -2.41. The molecule has 4 nitrogen and oxygen atoms in total. The van der Waals surface area contributed by atoms with Crippen LogP contribution in [0.15, 0.2) is 88.7 Å². The first-order chi connectivity index (χ1) is 14.6. The molecule has 5 rings (SSSR count). The molecule has 0 saturated heterocycles. The number of halogens is 1. The minimum Gasteiger partial charge on any atom is -0.469 e. The molecule has 0 N–H and O–H groups in total. The Labute approximate surface area is 179 Å². The van der Waals surface area contributed by atoms with E-state index < -0.39 is 0 Å². The zero-order valence-electron chi connectivity index (χ0n) is 16.3. The van der Waals surface area contributed by atoms with E-state index in [1.54, 1.807) is 23.3 Å². The Bertz CT molecular complexity index is 1130. The minimum absolute atomic E-state index is 0.0191. The van der Waals surface area contributed by atoms with Crippen LogP contribution in [0.5, 0.6) is 0 Å². The first-order valence-corrected chi connectivity index (χ1v) is 10.4. The van der Waals surface area contributed by atoms with Crippen LogP contribution in [-0.2, 0) is 9.59 Å². The monoisotopic (exact) mass is 417 g/mol. The summed E-state index contributed by atoms with van der Waals surface area (Å²) in [5.74, 6) is 0.304. The summed E-state index contributed by atoms with van der Waals surface area (Å²) in [6.07, 6.45) is 2.78. The Hall–Kier alpha value is -3.11. The highest BCUT2D eigenvalue weighted by atomic mass is 35.5. The standard InChI is InChI=1S/C25H20ClNO3/c26-19-9-4-5-10-20(19)27-21-13-17(16-7-2-1-3-8-16)14-22(28)25(21)18(15-24(27)29)23-11-6-12-30-23/h1-12,17-18H,13-15H2. The van der Waals surface area contributed by atoms with Crippen LogP contribution in [0.2, 0.25) is 5.02 Å². The van der Waals surface area contributed by atoms with Gasteiger partial charge >= 0.3 is 0 Å². The van der Waals surface area contributed by atoms with Crippen LogP contribution in [-0.4, -0.2) is 11.7 Å². The first kappa shape index (κ1) is 18.9. The van der Waals surface area contributed by atoms with E-state index in [4.69, 9.17) is 16.0 Å². The summed E-state index contributed by atoms with van der Waals surface area (Å²) in [6.45, 7) is 0. The molecule has 3 aromatic rings. The Morgan fingerprint density at radius 3 is 2.37 bits per heavy atom. The van der Waals surface area contributed by atoms with Gasteiger partial charge in [0.2, 0.25) is 5.91 Å². The van der Waals surface area contributed by atoms with Crippen LogP contribution < -0.4 is 4.90 Å². The summed E-state index contributed by atoms with van der Waals surface area (Å²) >= 11 is 6.46. The van der Waals surface area contributed by atoms with Crippen LogP contribution in [0, 0.1) is 0 Å². The van der Waals surface area contributed by atoms with E-state index in [9.17, 15) is 9.59 Å². The third kappa shape index (κ3) is 3.17. The lowest BCUT2D eigenvalue weighted by atomic mass is 9.74. The molecule has 2 heterocycles. The fourth-order valence-corrected chi connectivity index (χ4v) is 4.86. The quantitative estimate of drug-likeness (QED) is 0.536. The normalized spacial score (nSPS) is 21.7. The summed E-state index contributed by atoms with van der Waals surface area (Å²) < 4.78 is 5.61. The van der Waals surface area contributed by atoms with E-state index in [1.165, 1.54) is 0 Å². The molecule has 1 amide bonds. The van der Waals surface area contributed by atoms with Gasteiger partial charge in [0, 0.05) is 24.1 Å². The maximum absolute atomic E-state index is 13.4. The second kappa shape index (κ2) is 7.62. The lowest BCUT2D eigenvalue weighted by Gasteiger charge is -2.40. The molecule has 1 aromatic heterocycles. The van der Waals surface area contributed by atoms with Gasteiger partial charge in [-0.1, -0.05) is 54.1 Å². The van der Waals surface area contributed by atoms with E-state index >= 15 is 0 Å². The summed E-state index contributed by atoms with van der Waals surface area (Å²) in [7, 11) is 0. The van der Waals surface area contributed by atoms with Crippen molar-refractivity contribution in [3.8, 4) is 0 Å². The second-order valence-corrected chi connectivity index (χ2v) is 8.16. The number of Topliss-reactive ketones (excluding diaryl/α,β-unsaturated/α-hetero) is 1. The number of benzene rings is 2. The molecule has 150 valence electrons. The molecule has 0 radical (unpaired) electrons. The van der Waals surface area contributed by atoms with Gasteiger partial charge in [-0.05, 0) is 42.2 Å². The Balaban J connectivity index is 1.67. The summed E-state index contributed by atoms with van der Waals surface area (Å²) in [5.41, 5.74) is 3.14. The van der Waals surface area contributed by atoms with Crippen LogP contribution in [0.3, 0.4) is 0 Å². The number of rotatable bonds is 3. The van der Waals surface area contributed by atoms with Crippen molar-refractivity contribution < 1.29 is 14.0 Å². The predicted molar refractivity (Wildman–Crippen MR) is 115 cm³/mol. The van der Waals surface area contributed by atoms with E-state index in [2.05, 4.69) is 0 Å². The topological polar surface area (TPSA) is 50.5 Å². The number of hydrogen-bond donors (Lipinski definition) is 0. The number of amides is 1. The molecule has 1 aliphatic heterocycles. The van der Waals surface area contributed by atoms with Gasteiger partial charge in [-0.25, -0.2) is 0 Å². The molecular formula is C25H20ClNO3. The van der Waals surface area contributed by atoms with Crippen LogP contribution in [0.1, 0.15) is 42.4 Å². The largest absolute Gasteiger partial charge is 0.469 e. The molecule has 1 aliphatic carbocycles. The maximum Gasteiger partial charge on any atom is 0.232 e. The number of allylic oxidation sites excluding steroid dienone is 2. The molecule has 0 fully saturated rings. The molecule has 0 saturated carbocycles. The van der Waals surface area contributed by atoms with Gasteiger partial charge in [0.05, 0.1) is 22.9 Å². The molecule has 0 spiro atoms.